The van der Waals surface area contributed by atoms with Crippen LogP contribution in [0.3, 0.4) is 0 Å². The highest BCUT2D eigenvalue weighted by atomic mass is 32.1. The Morgan fingerprint density at radius 2 is 2.24 bits per heavy atom. The van der Waals surface area contributed by atoms with Crippen molar-refractivity contribution >= 4 is 18.4 Å². The van der Waals surface area contributed by atoms with E-state index in [2.05, 4.69) is 15.3 Å². The van der Waals surface area contributed by atoms with Crippen LogP contribution in [0.5, 0.6) is 11.5 Å². The normalized spacial score (nSPS) is 11.2. The number of hydrogen-bond acceptors (Lipinski definition) is 5. The van der Waals surface area contributed by atoms with Gasteiger partial charge in [0, 0.05) is 0 Å². The molecule has 0 saturated heterocycles. The van der Waals surface area contributed by atoms with E-state index in [0.717, 1.165) is 11.3 Å². The maximum Gasteiger partial charge on any atom is 0.216 e. The minimum absolute atomic E-state index is 0.0907. The van der Waals surface area contributed by atoms with Gasteiger partial charge < -0.3 is 9.47 Å². The zero-order valence-electron chi connectivity index (χ0n) is 12.2. The Morgan fingerprint density at radius 3 is 2.86 bits per heavy atom. The van der Waals surface area contributed by atoms with E-state index in [0.29, 0.717) is 17.1 Å². The average molecular weight is 306 g/mol. The van der Waals surface area contributed by atoms with Crippen molar-refractivity contribution in [2.45, 2.75) is 26.9 Å². The molecule has 0 saturated carbocycles. The van der Waals surface area contributed by atoms with Crippen LogP contribution >= 0.6 is 12.2 Å². The second-order valence-electron chi connectivity index (χ2n) is 4.56. The van der Waals surface area contributed by atoms with Crippen molar-refractivity contribution in [3.63, 3.8) is 0 Å². The number of nitrogens with zero attached hydrogens (tertiary/aromatic N) is 3. The molecule has 0 bridgehead atoms. The van der Waals surface area contributed by atoms with Gasteiger partial charge >= 0.3 is 0 Å². The molecule has 1 aromatic heterocycles. The predicted molar refractivity (Wildman–Crippen MR) is 83.8 cm³/mol. The van der Waals surface area contributed by atoms with Crippen LogP contribution in [0.25, 0.3) is 0 Å². The summed E-state index contributed by atoms with van der Waals surface area (Å²) in [5.74, 6) is 1.43. The van der Waals surface area contributed by atoms with Crippen molar-refractivity contribution in [3.8, 4) is 11.5 Å². The van der Waals surface area contributed by atoms with Gasteiger partial charge in [-0.25, -0.2) is 0 Å². The smallest absolute Gasteiger partial charge is 0.216 e. The van der Waals surface area contributed by atoms with Gasteiger partial charge in [-0.15, -0.1) is 0 Å². The van der Waals surface area contributed by atoms with Crippen molar-refractivity contribution < 1.29 is 9.47 Å². The summed E-state index contributed by atoms with van der Waals surface area (Å²) in [5, 5.41) is 10.7. The SMILES string of the molecule is CCOc1cc(/C=N\n2cn[nH]c2=S)ccc1OC(C)C. The Bertz CT molecular complexity index is 676. The molecule has 2 aromatic rings. The third-order valence-corrected chi connectivity index (χ3v) is 2.78. The first-order valence-corrected chi connectivity index (χ1v) is 7.11. The lowest BCUT2D eigenvalue weighted by molar-refractivity contribution is 0.224. The molecule has 112 valence electrons. The van der Waals surface area contributed by atoms with Crippen LogP contribution in [0, 0.1) is 4.77 Å². The van der Waals surface area contributed by atoms with Crippen molar-refractivity contribution in [1.29, 1.82) is 0 Å². The van der Waals surface area contributed by atoms with Crippen LogP contribution in [0.1, 0.15) is 26.3 Å². The van der Waals surface area contributed by atoms with Crippen LogP contribution in [0.4, 0.5) is 0 Å². The highest BCUT2D eigenvalue weighted by Crippen LogP contribution is 2.28. The van der Waals surface area contributed by atoms with Gasteiger partial charge in [0.05, 0.1) is 18.9 Å². The molecule has 1 aromatic carbocycles. The number of benzene rings is 1. The van der Waals surface area contributed by atoms with Gasteiger partial charge in [-0.1, -0.05) is 0 Å². The van der Waals surface area contributed by atoms with Crippen molar-refractivity contribution in [1.82, 2.24) is 14.9 Å². The molecule has 0 aliphatic heterocycles. The van der Waals surface area contributed by atoms with Gasteiger partial charge in [0.1, 0.15) is 6.33 Å². The lowest BCUT2D eigenvalue weighted by Crippen LogP contribution is -2.07. The van der Waals surface area contributed by atoms with Crippen molar-refractivity contribution in [3.05, 3.63) is 34.9 Å². The third-order valence-electron chi connectivity index (χ3n) is 2.50. The largest absolute Gasteiger partial charge is 0.490 e. The second-order valence-corrected chi connectivity index (χ2v) is 4.94. The molecular formula is C14H18N4O2S. The van der Waals surface area contributed by atoms with Crippen molar-refractivity contribution in [2.75, 3.05) is 6.61 Å². The zero-order valence-corrected chi connectivity index (χ0v) is 13.1. The molecule has 7 heteroatoms. The summed E-state index contributed by atoms with van der Waals surface area (Å²) in [7, 11) is 0. The Balaban J connectivity index is 2.25. The first-order chi connectivity index (χ1) is 10.1. The highest BCUT2D eigenvalue weighted by molar-refractivity contribution is 7.71. The number of hydrogen-bond donors (Lipinski definition) is 1. The number of nitrogens with one attached hydrogen (secondary N) is 1. The summed E-state index contributed by atoms with van der Waals surface area (Å²) in [6.07, 6.45) is 3.29. The fourth-order valence-electron chi connectivity index (χ4n) is 1.68. The van der Waals surface area contributed by atoms with Gasteiger partial charge in [0.15, 0.2) is 11.5 Å². The molecule has 21 heavy (non-hydrogen) atoms. The topological polar surface area (TPSA) is 64.4 Å². The summed E-state index contributed by atoms with van der Waals surface area (Å²) >= 11 is 5.02. The fourth-order valence-corrected chi connectivity index (χ4v) is 1.83. The highest BCUT2D eigenvalue weighted by Gasteiger charge is 2.07. The third kappa shape index (κ3) is 4.16. The fraction of sp³-hybridized carbons (Fsp3) is 0.357. The van der Waals surface area contributed by atoms with Crippen LogP contribution < -0.4 is 9.47 Å². The van der Waals surface area contributed by atoms with E-state index in [1.165, 1.54) is 11.0 Å². The molecule has 0 radical (unpaired) electrons. The summed E-state index contributed by atoms with van der Waals surface area (Å²) in [6.45, 7) is 6.46. The molecule has 0 unspecified atom stereocenters. The quantitative estimate of drug-likeness (QED) is 0.658. The summed E-state index contributed by atoms with van der Waals surface area (Å²) in [4.78, 5) is 0. The summed E-state index contributed by atoms with van der Waals surface area (Å²) in [5.41, 5.74) is 0.887. The Kier molecular flexibility index (Phi) is 5.10. The van der Waals surface area contributed by atoms with E-state index in [1.54, 1.807) is 6.21 Å². The number of rotatable bonds is 6. The zero-order chi connectivity index (χ0) is 15.2. The molecule has 6 nitrogen and oxygen atoms in total. The lowest BCUT2D eigenvalue weighted by atomic mass is 10.2. The first-order valence-electron chi connectivity index (χ1n) is 6.70. The maximum atomic E-state index is 5.72. The Morgan fingerprint density at radius 1 is 1.43 bits per heavy atom. The standard InChI is InChI=1S/C14H18N4O2S/c1-4-19-13-7-11(5-6-12(13)20-10(2)3)8-16-18-9-15-17-14(18)21/h5-10H,4H2,1-3H3,(H,17,21)/b16-8-. The average Bonchev–Trinajstić information content (AvgIpc) is 2.84. The van der Waals surface area contributed by atoms with E-state index in [9.17, 15) is 0 Å². The van der Waals surface area contributed by atoms with Crippen LogP contribution in [0.2, 0.25) is 0 Å². The number of ether oxygens (including phenoxy) is 2. The summed E-state index contributed by atoms with van der Waals surface area (Å²) in [6, 6.07) is 5.67. The maximum absolute atomic E-state index is 5.72. The van der Waals surface area contributed by atoms with Gasteiger partial charge in [-0.2, -0.15) is 14.9 Å². The molecule has 0 spiro atoms. The molecule has 0 aliphatic rings. The Labute approximate surface area is 128 Å². The van der Waals surface area contributed by atoms with Crippen molar-refractivity contribution in [2.24, 2.45) is 5.10 Å². The number of aromatic amines is 1. The van der Waals surface area contributed by atoms with Gasteiger partial charge in [-0.3, -0.25) is 5.10 Å². The second kappa shape index (κ2) is 7.03. The van der Waals surface area contributed by atoms with E-state index < -0.39 is 0 Å². The van der Waals surface area contributed by atoms with Crippen LogP contribution in [-0.2, 0) is 0 Å². The molecule has 1 N–H and O–H groups in total. The molecule has 0 amide bonds. The molecule has 2 rings (SSSR count). The minimum Gasteiger partial charge on any atom is -0.490 e. The minimum atomic E-state index is 0.0907. The van der Waals surface area contributed by atoms with E-state index in [4.69, 9.17) is 21.7 Å². The molecule has 1 heterocycles. The number of aromatic nitrogens is 3. The van der Waals surface area contributed by atoms with E-state index in [1.807, 2.05) is 39.0 Å². The van der Waals surface area contributed by atoms with Crippen LogP contribution in [-0.4, -0.2) is 33.8 Å². The van der Waals surface area contributed by atoms with Gasteiger partial charge in [0.25, 0.3) is 0 Å². The van der Waals surface area contributed by atoms with Gasteiger partial charge in [0.2, 0.25) is 4.77 Å². The van der Waals surface area contributed by atoms with Crippen LogP contribution in [0.15, 0.2) is 29.6 Å². The lowest BCUT2D eigenvalue weighted by Gasteiger charge is -2.14. The van der Waals surface area contributed by atoms with E-state index >= 15 is 0 Å². The Hall–Kier alpha value is -2.15. The molecular weight excluding hydrogens is 288 g/mol. The molecule has 0 fully saturated rings. The van der Waals surface area contributed by atoms with Gasteiger partial charge in [-0.05, 0) is 56.8 Å². The van der Waals surface area contributed by atoms with E-state index in [-0.39, 0.29) is 6.10 Å². The summed E-state index contributed by atoms with van der Waals surface area (Å²) < 4.78 is 13.2. The monoisotopic (exact) mass is 306 g/mol. The first kappa shape index (κ1) is 15.2. The number of H-pyrrole nitrogens is 1. The molecule has 0 aliphatic carbocycles. The predicted octanol–water partition coefficient (Wildman–Crippen LogP) is 3.01. The molecule has 0 atom stereocenters.